The van der Waals surface area contributed by atoms with E-state index in [-0.39, 0.29) is 17.9 Å². The zero-order valence-corrected chi connectivity index (χ0v) is 13.3. The maximum Gasteiger partial charge on any atom is 0.238 e. The second kappa shape index (κ2) is 10.2. The minimum Gasteiger partial charge on any atom is -0.304 e. The van der Waals surface area contributed by atoms with E-state index >= 15 is 0 Å². The zero-order chi connectivity index (χ0) is 14.8. The highest BCUT2D eigenvalue weighted by Gasteiger charge is 2.23. The van der Waals surface area contributed by atoms with E-state index in [1.807, 2.05) is 6.92 Å². The Morgan fingerprint density at radius 3 is 2.11 bits per heavy atom. The Morgan fingerprint density at radius 1 is 1.11 bits per heavy atom. The number of hydrazine groups is 1. The quantitative estimate of drug-likeness (QED) is 0.354. The van der Waals surface area contributed by atoms with Gasteiger partial charge >= 0.3 is 0 Å². The molecule has 0 saturated carbocycles. The summed E-state index contributed by atoms with van der Waals surface area (Å²) in [6.07, 6.45) is 1.14. The minimum atomic E-state index is -0.0882. The molecule has 0 heterocycles. The molecule has 0 rings (SSSR count). The highest BCUT2D eigenvalue weighted by atomic mass is 16.2. The molecule has 0 aliphatic heterocycles. The van der Waals surface area contributed by atoms with Gasteiger partial charge in [-0.05, 0) is 46.1 Å². The van der Waals surface area contributed by atoms with Crippen molar-refractivity contribution in [3.63, 3.8) is 0 Å². The standard InChI is InChI=1S/C14H32N4O/c1-6-17(7-2)10-9-11-18(8-3)13(5)12(4)14(19)16-15/h12-13H,6-11,15H2,1-5H3,(H,16,19). The molecule has 0 radical (unpaired) electrons. The first-order valence-corrected chi connectivity index (χ1v) is 7.48. The molecule has 0 bridgehead atoms. The lowest BCUT2D eigenvalue weighted by atomic mass is 10.0. The number of rotatable bonds is 10. The van der Waals surface area contributed by atoms with Crippen molar-refractivity contribution in [2.45, 2.75) is 47.1 Å². The van der Waals surface area contributed by atoms with E-state index in [0.29, 0.717) is 0 Å². The Morgan fingerprint density at radius 2 is 1.68 bits per heavy atom. The molecular weight excluding hydrogens is 240 g/mol. The van der Waals surface area contributed by atoms with Crippen molar-refractivity contribution < 1.29 is 4.79 Å². The molecule has 0 saturated heterocycles. The molecule has 2 unspecified atom stereocenters. The van der Waals surface area contributed by atoms with Gasteiger partial charge in [-0.2, -0.15) is 0 Å². The fourth-order valence-corrected chi connectivity index (χ4v) is 2.35. The number of nitrogens with zero attached hydrogens (tertiary/aromatic N) is 2. The summed E-state index contributed by atoms with van der Waals surface area (Å²) in [6.45, 7) is 15.9. The van der Waals surface area contributed by atoms with Crippen LogP contribution in [0, 0.1) is 5.92 Å². The van der Waals surface area contributed by atoms with Crippen LogP contribution in [0.3, 0.4) is 0 Å². The molecule has 0 aromatic rings. The molecule has 114 valence electrons. The van der Waals surface area contributed by atoms with Gasteiger partial charge in [0.1, 0.15) is 0 Å². The van der Waals surface area contributed by atoms with Crippen molar-refractivity contribution >= 4 is 5.91 Å². The molecule has 19 heavy (non-hydrogen) atoms. The Labute approximate surface area is 118 Å². The van der Waals surface area contributed by atoms with Crippen LogP contribution in [-0.4, -0.2) is 54.5 Å². The lowest BCUT2D eigenvalue weighted by molar-refractivity contribution is -0.126. The summed E-state index contributed by atoms with van der Waals surface area (Å²) >= 11 is 0. The predicted molar refractivity (Wildman–Crippen MR) is 80.6 cm³/mol. The molecule has 0 aliphatic carbocycles. The highest BCUT2D eigenvalue weighted by molar-refractivity contribution is 5.78. The first-order valence-electron chi connectivity index (χ1n) is 7.48. The molecule has 0 aromatic heterocycles. The van der Waals surface area contributed by atoms with E-state index in [0.717, 1.165) is 39.1 Å². The van der Waals surface area contributed by atoms with Crippen LogP contribution >= 0.6 is 0 Å². The third-order valence-electron chi connectivity index (χ3n) is 4.08. The summed E-state index contributed by atoms with van der Waals surface area (Å²) in [5, 5.41) is 0. The second-order valence-corrected chi connectivity index (χ2v) is 5.05. The van der Waals surface area contributed by atoms with Gasteiger partial charge in [0, 0.05) is 6.04 Å². The van der Waals surface area contributed by atoms with Crippen LogP contribution in [0.15, 0.2) is 0 Å². The summed E-state index contributed by atoms with van der Waals surface area (Å²) in [5.41, 5.74) is 2.24. The van der Waals surface area contributed by atoms with Crippen molar-refractivity contribution in [3.05, 3.63) is 0 Å². The van der Waals surface area contributed by atoms with Crippen LogP contribution in [-0.2, 0) is 4.79 Å². The van der Waals surface area contributed by atoms with Crippen molar-refractivity contribution in [1.29, 1.82) is 0 Å². The third-order valence-corrected chi connectivity index (χ3v) is 4.08. The first-order chi connectivity index (χ1) is 9.01. The molecule has 3 N–H and O–H groups in total. The number of hydrogen-bond acceptors (Lipinski definition) is 4. The summed E-state index contributed by atoms with van der Waals surface area (Å²) in [6, 6.07) is 0.213. The van der Waals surface area contributed by atoms with Gasteiger partial charge in [-0.15, -0.1) is 0 Å². The molecule has 0 aliphatic rings. The lowest BCUT2D eigenvalue weighted by Crippen LogP contribution is -2.46. The molecule has 5 nitrogen and oxygen atoms in total. The summed E-state index contributed by atoms with van der Waals surface area (Å²) in [5.74, 6) is 5.03. The molecule has 0 aromatic carbocycles. The summed E-state index contributed by atoms with van der Waals surface area (Å²) < 4.78 is 0. The van der Waals surface area contributed by atoms with Crippen molar-refractivity contribution in [1.82, 2.24) is 15.2 Å². The van der Waals surface area contributed by atoms with Crippen LogP contribution in [0.4, 0.5) is 0 Å². The van der Waals surface area contributed by atoms with Crippen LogP contribution in [0.25, 0.3) is 0 Å². The van der Waals surface area contributed by atoms with Gasteiger partial charge in [-0.25, -0.2) is 5.84 Å². The van der Waals surface area contributed by atoms with Crippen LogP contribution < -0.4 is 11.3 Å². The number of nitrogens with two attached hydrogens (primary N) is 1. The smallest absolute Gasteiger partial charge is 0.238 e. The molecule has 2 atom stereocenters. The van der Waals surface area contributed by atoms with Gasteiger partial charge in [0.05, 0.1) is 5.92 Å². The zero-order valence-electron chi connectivity index (χ0n) is 13.3. The average molecular weight is 272 g/mol. The van der Waals surface area contributed by atoms with Crippen LogP contribution in [0.2, 0.25) is 0 Å². The second-order valence-electron chi connectivity index (χ2n) is 5.05. The van der Waals surface area contributed by atoms with Gasteiger partial charge in [0.15, 0.2) is 0 Å². The van der Waals surface area contributed by atoms with E-state index in [1.54, 1.807) is 0 Å². The third kappa shape index (κ3) is 6.36. The Balaban J connectivity index is 4.22. The Kier molecular flexibility index (Phi) is 9.83. The fourth-order valence-electron chi connectivity index (χ4n) is 2.35. The van der Waals surface area contributed by atoms with E-state index in [4.69, 9.17) is 5.84 Å². The topological polar surface area (TPSA) is 61.6 Å². The van der Waals surface area contributed by atoms with Crippen LogP contribution in [0.5, 0.6) is 0 Å². The lowest BCUT2D eigenvalue weighted by Gasteiger charge is -2.32. The normalized spacial score (nSPS) is 14.7. The molecule has 1 amide bonds. The van der Waals surface area contributed by atoms with Crippen molar-refractivity contribution in [3.8, 4) is 0 Å². The van der Waals surface area contributed by atoms with E-state index in [9.17, 15) is 4.79 Å². The SMILES string of the molecule is CCN(CC)CCCN(CC)C(C)C(C)C(=O)NN. The maximum atomic E-state index is 11.6. The summed E-state index contributed by atoms with van der Waals surface area (Å²) in [4.78, 5) is 16.4. The monoisotopic (exact) mass is 272 g/mol. The van der Waals surface area contributed by atoms with Gasteiger partial charge in [-0.3, -0.25) is 10.2 Å². The first kappa shape index (κ1) is 18.4. The highest BCUT2D eigenvalue weighted by Crippen LogP contribution is 2.11. The summed E-state index contributed by atoms with van der Waals surface area (Å²) in [7, 11) is 0. The number of carbonyl (C=O) groups is 1. The van der Waals surface area contributed by atoms with E-state index in [1.165, 1.54) is 0 Å². The molecule has 5 heteroatoms. The van der Waals surface area contributed by atoms with Crippen molar-refractivity contribution in [2.75, 3.05) is 32.7 Å². The van der Waals surface area contributed by atoms with Crippen molar-refractivity contribution in [2.24, 2.45) is 11.8 Å². The van der Waals surface area contributed by atoms with Gasteiger partial charge in [0.2, 0.25) is 5.91 Å². The van der Waals surface area contributed by atoms with Gasteiger partial charge in [0.25, 0.3) is 0 Å². The number of nitrogens with one attached hydrogen (secondary N) is 1. The van der Waals surface area contributed by atoms with Gasteiger partial charge < -0.3 is 9.80 Å². The average Bonchev–Trinajstić information content (AvgIpc) is 2.45. The van der Waals surface area contributed by atoms with Gasteiger partial charge in [-0.1, -0.05) is 27.7 Å². The number of amides is 1. The van der Waals surface area contributed by atoms with Crippen LogP contribution in [0.1, 0.15) is 41.0 Å². The van der Waals surface area contributed by atoms with E-state index < -0.39 is 0 Å². The predicted octanol–water partition coefficient (Wildman–Crippen LogP) is 1.05. The molecular formula is C14H32N4O. The fraction of sp³-hybridized carbons (Fsp3) is 0.929. The Hall–Kier alpha value is -0.650. The maximum absolute atomic E-state index is 11.6. The molecule has 0 fully saturated rings. The Bertz CT molecular complexity index is 244. The molecule has 0 spiro atoms. The number of carbonyl (C=O) groups excluding carboxylic acids is 1. The largest absolute Gasteiger partial charge is 0.304 e. The minimum absolute atomic E-state index is 0.0848. The van der Waals surface area contributed by atoms with E-state index in [2.05, 4.69) is 42.9 Å². The number of hydrogen-bond donors (Lipinski definition) is 2.